The fraction of sp³-hybridized carbons (Fsp3) is 0.0909. The molecular weight excluding hydrogens is 198 g/mol. The maximum atomic E-state index is 13.2. The minimum absolute atomic E-state index is 0.0294. The van der Waals surface area contributed by atoms with Crippen LogP contribution in [-0.2, 0) is 0 Å². The van der Waals surface area contributed by atoms with Gasteiger partial charge in [-0.05, 0) is 12.1 Å². The third-order valence-electron chi connectivity index (χ3n) is 1.71. The molecule has 0 radical (unpaired) electrons. The first-order valence-corrected chi connectivity index (χ1v) is 4.11. The first-order chi connectivity index (χ1) is 7.19. The van der Waals surface area contributed by atoms with Gasteiger partial charge in [0.15, 0.2) is 0 Å². The Bertz CT molecular complexity index is 479. The van der Waals surface area contributed by atoms with Gasteiger partial charge in [-0.15, -0.1) is 0 Å². The second-order valence-corrected chi connectivity index (χ2v) is 2.73. The lowest BCUT2D eigenvalue weighted by Gasteiger charge is -1.98. The predicted molar refractivity (Wildman–Crippen MR) is 50.3 cm³/mol. The zero-order chi connectivity index (χ0) is 11.3. The highest BCUT2D eigenvalue weighted by Crippen LogP contribution is 2.15. The molecule has 0 aliphatic heterocycles. The second kappa shape index (κ2) is 4.88. The lowest BCUT2D eigenvalue weighted by molar-refractivity contribution is 0.594. The minimum Gasteiger partial charge on any atom is -0.206 e. The Morgan fingerprint density at radius 3 is 2.53 bits per heavy atom. The summed E-state index contributed by atoms with van der Waals surface area (Å²) in [5, 5.41) is 16.7. The summed E-state index contributed by atoms with van der Waals surface area (Å²) < 4.78 is 26.2. The van der Waals surface area contributed by atoms with Crippen LogP contribution in [0.1, 0.15) is 17.5 Å². The van der Waals surface area contributed by atoms with Gasteiger partial charge in [0.1, 0.15) is 17.7 Å². The molecule has 0 heterocycles. The van der Waals surface area contributed by atoms with Gasteiger partial charge in [-0.1, -0.05) is 12.2 Å². The summed E-state index contributed by atoms with van der Waals surface area (Å²) in [6.45, 7) is 0. The third kappa shape index (κ3) is 2.62. The van der Waals surface area contributed by atoms with Crippen molar-refractivity contribution in [1.82, 2.24) is 0 Å². The van der Waals surface area contributed by atoms with Crippen LogP contribution in [0.15, 0.2) is 18.2 Å². The quantitative estimate of drug-likeness (QED) is 0.743. The summed E-state index contributed by atoms with van der Waals surface area (Å²) in [6.07, 6.45) is 2.85. The number of hydrogen-bond donors (Lipinski definition) is 0. The van der Waals surface area contributed by atoms with Crippen LogP contribution < -0.4 is 0 Å². The molecule has 1 aromatic rings. The number of benzene rings is 1. The normalized spacial score (nSPS) is 9.87. The Kier molecular flexibility index (Phi) is 3.54. The molecule has 0 aromatic heterocycles. The molecule has 0 saturated carbocycles. The van der Waals surface area contributed by atoms with Crippen LogP contribution in [0.4, 0.5) is 8.78 Å². The van der Waals surface area contributed by atoms with E-state index in [4.69, 9.17) is 10.5 Å². The molecule has 0 aliphatic rings. The predicted octanol–water partition coefficient (Wildman–Crippen LogP) is 2.76. The zero-order valence-corrected chi connectivity index (χ0v) is 7.67. The second-order valence-electron chi connectivity index (χ2n) is 2.73. The monoisotopic (exact) mass is 204 g/mol. The highest BCUT2D eigenvalue weighted by atomic mass is 19.1. The Hall–Kier alpha value is -2.20. The van der Waals surface area contributed by atoms with E-state index >= 15 is 0 Å². The van der Waals surface area contributed by atoms with E-state index in [0.717, 1.165) is 12.1 Å². The molecular formula is C11H6F2N2. The van der Waals surface area contributed by atoms with Gasteiger partial charge in [-0.3, -0.25) is 0 Å². The SMILES string of the molecule is N#CCC=Cc1cc(F)c(C#N)cc1F. The Labute approximate surface area is 85.7 Å². The molecule has 0 amide bonds. The highest BCUT2D eigenvalue weighted by Gasteiger charge is 2.06. The summed E-state index contributed by atoms with van der Waals surface area (Å²) in [5.74, 6) is -1.45. The van der Waals surface area contributed by atoms with Crippen LogP contribution in [0, 0.1) is 34.3 Å². The fourth-order valence-electron chi connectivity index (χ4n) is 1.01. The number of nitriles is 2. The van der Waals surface area contributed by atoms with Crippen LogP contribution >= 0.6 is 0 Å². The third-order valence-corrected chi connectivity index (χ3v) is 1.71. The van der Waals surface area contributed by atoms with Crippen LogP contribution in [0.5, 0.6) is 0 Å². The van der Waals surface area contributed by atoms with Crippen molar-refractivity contribution in [2.45, 2.75) is 6.42 Å². The van der Waals surface area contributed by atoms with Crippen LogP contribution in [0.3, 0.4) is 0 Å². The number of allylic oxidation sites excluding steroid dienone is 1. The molecule has 0 atom stereocenters. The van der Waals surface area contributed by atoms with Gasteiger partial charge in [0.05, 0.1) is 18.1 Å². The van der Waals surface area contributed by atoms with Gasteiger partial charge in [-0.25, -0.2) is 8.78 Å². The first-order valence-electron chi connectivity index (χ1n) is 4.11. The van der Waals surface area contributed by atoms with E-state index in [1.807, 2.05) is 6.07 Å². The van der Waals surface area contributed by atoms with Gasteiger partial charge in [0, 0.05) is 5.56 Å². The summed E-state index contributed by atoms with van der Waals surface area (Å²) in [7, 11) is 0. The molecule has 4 heteroatoms. The van der Waals surface area contributed by atoms with Crippen molar-refractivity contribution >= 4 is 6.08 Å². The van der Waals surface area contributed by atoms with Crippen LogP contribution in [0.2, 0.25) is 0 Å². The highest BCUT2D eigenvalue weighted by molar-refractivity contribution is 5.52. The van der Waals surface area contributed by atoms with E-state index in [-0.39, 0.29) is 17.5 Å². The van der Waals surface area contributed by atoms with Crippen molar-refractivity contribution < 1.29 is 8.78 Å². The van der Waals surface area contributed by atoms with Crippen molar-refractivity contribution in [3.63, 3.8) is 0 Å². The fourth-order valence-corrected chi connectivity index (χ4v) is 1.01. The van der Waals surface area contributed by atoms with Gasteiger partial charge >= 0.3 is 0 Å². The largest absolute Gasteiger partial charge is 0.206 e. The number of rotatable bonds is 2. The van der Waals surface area contributed by atoms with E-state index in [2.05, 4.69) is 0 Å². The van der Waals surface area contributed by atoms with Crippen molar-refractivity contribution in [1.29, 1.82) is 10.5 Å². The van der Waals surface area contributed by atoms with Crippen molar-refractivity contribution in [2.75, 3.05) is 0 Å². The topological polar surface area (TPSA) is 47.6 Å². The Balaban J connectivity index is 3.08. The van der Waals surface area contributed by atoms with Crippen LogP contribution in [-0.4, -0.2) is 0 Å². The molecule has 0 saturated heterocycles. The molecule has 2 nitrogen and oxygen atoms in total. The first kappa shape index (κ1) is 10.9. The molecule has 74 valence electrons. The maximum Gasteiger partial charge on any atom is 0.141 e. The zero-order valence-electron chi connectivity index (χ0n) is 7.67. The molecule has 0 bridgehead atoms. The maximum absolute atomic E-state index is 13.2. The summed E-state index contributed by atoms with van der Waals surface area (Å²) in [6, 6.07) is 5.15. The van der Waals surface area contributed by atoms with Crippen molar-refractivity contribution in [3.05, 3.63) is 41.0 Å². The van der Waals surface area contributed by atoms with Gasteiger partial charge in [0.2, 0.25) is 0 Å². The van der Waals surface area contributed by atoms with E-state index in [9.17, 15) is 8.78 Å². The summed E-state index contributed by atoms with van der Waals surface area (Å²) in [5.41, 5.74) is -0.299. The van der Waals surface area contributed by atoms with E-state index in [1.54, 1.807) is 0 Å². The standard InChI is InChI=1S/C11H6F2N2/c12-10-6-9(7-15)11(13)5-8(10)3-1-2-4-14/h1,3,5-6H,2H2. The molecule has 1 rings (SSSR count). The van der Waals surface area contributed by atoms with Crippen LogP contribution in [0.25, 0.3) is 6.08 Å². The lowest BCUT2D eigenvalue weighted by atomic mass is 10.1. The number of nitrogens with zero attached hydrogens (tertiary/aromatic N) is 2. The van der Waals surface area contributed by atoms with Gasteiger partial charge in [-0.2, -0.15) is 10.5 Å². The average Bonchev–Trinajstić information content (AvgIpc) is 2.23. The molecule has 0 spiro atoms. The molecule has 0 fully saturated rings. The van der Waals surface area contributed by atoms with Gasteiger partial charge in [0.25, 0.3) is 0 Å². The molecule has 0 aliphatic carbocycles. The van der Waals surface area contributed by atoms with E-state index in [1.165, 1.54) is 18.2 Å². The van der Waals surface area contributed by atoms with Gasteiger partial charge < -0.3 is 0 Å². The van der Waals surface area contributed by atoms with E-state index in [0.29, 0.717) is 0 Å². The van der Waals surface area contributed by atoms with Crippen molar-refractivity contribution in [2.24, 2.45) is 0 Å². The number of halogens is 2. The Morgan fingerprint density at radius 1 is 1.20 bits per heavy atom. The van der Waals surface area contributed by atoms with Crippen molar-refractivity contribution in [3.8, 4) is 12.1 Å². The summed E-state index contributed by atoms with van der Waals surface area (Å²) >= 11 is 0. The summed E-state index contributed by atoms with van der Waals surface area (Å²) in [4.78, 5) is 0. The average molecular weight is 204 g/mol. The minimum atomic E-state index is -0.768. The molecule has 0 N–H and O–H groups in total. The Morgan fingerprint density at radius 2 is 1.93 bits per heavy atom. The molecule has 1 aromatic carbocycles. The smallest absolute Gasteiger partial charge is 0.141 e. The van der Waals surface area contributed by atoms with E-state index < -0.39 is 11.6 Å². The molecule has 0 unspecified atom stereocenters. The lowest BCUT2D eigenvalue weighted by Crippen LogP contribution is -1.90. The molecule has 15 heavy (non-hydrogen) atoms. The number of hydrogen-bond acceptors (Lipinski definition) is 2.